The van der Waals surface area contributed by atoms with Gasteiger partial charge in [-0.2, -0.15) is 0 Å². The number of amides is 1. The highest BCUT2D eigenvalue weighted by Gasteiger charge is 2.08. The van der Waals surface area contributed by atoms with Crippen molar-refractivity contribution in [3.8, 4) is 0 Å². The predicted molar refractivity (Wildman–Crippen MR) is 108 cm³/mol. The molecule has 1 amide bonds. The summed E-state index contributed by atoms with van der Waals surface area (Å²) in [5.74, 6) is 0.570. The van der Waals surface area contributed by atoms with Crippen LogP contribution in [0.25, 0.3) is 6.08 Å². The molecule has 25 heavy (non-hydrogen) atoms. The minimum atomic E-state index is -0.220. The summed E-state index contributed by atoms with van der Waals surface area (Å²) in [4.78, 5) is 11.9. The summed E-state index contributed by atoms with van der Waals surface area (Å²) in [6.07, 6.45) is 3.25. The first-order valence-electron chi connectivity index (χ1n) is 7.44. The lowest BCUT2D eigenvalue weighted by Crippen LogP contribution is -2.07. The van der Waals surface area contributed by atoms with Crippen LogP contribution < -0.4 is 5.32 Å². The summed E-state index contributed by atoms with van der Waals surface area (Å²) in [5.41, 5.74) is 2.17. The normalized spacial score (nSPS) is 10.9. The Balaban J connectivity index is 1.54. The maximum Gasteiger partial charge on any atom is 0.250 e. The second-order valence-electron chi connectivity index (χ2n) is 4.99. The zero-order valence-electron chi connectivity index (χ0n) is 13.1. The summed E-state index contributed by atoms with van der Waals surface area (Å²) in [5, 5.41) is 11.4. The van der Waals surface area contributed by atoms with E-state index >= 15 is 0 Å². The van der Waals surface area contributed by atoms with E-state index in [1.807, 2.05) is 48.5 Å². The van der Waals surface area contributed by atoms with Crippen molar-refractivity contribution in [1.29, 1.82) is 0 Å². The van der Waals surface area contributed by atoms with Crippen molar-refractivity contribution in [3.05, 3.63) is 76.3 Å². The van der Waals surface area contributed by atoms with Gasteiger partial charge >= 0.3 is 0 Å². The Morgan fingerprint density at radius 1 is 1.12 bits per heavy atom. The molecule has 2 aromatic carbocycles. The molecular formula is C18H14BrN3OS2. The number of rotatable bonds is 6. The molecule has 1 aromatic heterocycles. The minimum absolute atomic E-state index is 0.220. The van der Waals surface area contributed by atoms with E-state index in [0.717, 1.165) is 20.1 Å². The highest BCUT2D eigenvalue weighted by molar-refractivity contribution is 9.10. The van der Waals surface area contributed by atoms with Gasteiger partial charge in [-0.3, -0.25) is 10.1 Å². The molecule has 0 unspecified atom stereocenters. The summed E-state index contributed by atoms with van der Waals surface area (Å²) in [6.45, 7) is 0. The van der Waals surface area contributed by atoms with Crippen LogP contribution in [0.15, 0.2) is 69.5 Å². The predicted octanol–water partition coefficient (Wildman–Crippen LogP) is 5.24. The number of carbonyl (C=O) groups is 1. The van der Waals surface area contributed by atoms with E-state index in [-0.39, 0.29) is 5.91 Å². The van der Waals surface area contributed by atoms with E-state index in [4.69, 9.17) is 0 Å². The first kappa shape index (κ1) is 17.8. The molecule has 1 heterocycles. The van der Waals surface area contributed by atoms with Gasteiger partial charge in [0.25, 0.3) is 0 Å². The van der Waals surface area contributed by atoms with Crippen LogP contribution in [-0.4, -0.2) is 16.1 Å². The van der Waals surface area contributed by atoms with Crippen LogP contribution >= 0.6 is 39.0 Å². The van der Waals surface area contributed by atoms with Crippen LogP contribution in [0.3, 0.4) is 0 Å². The molecule has 0 saturated carbocycles. The first-order chi connectivity index (χ1) is 12.2. The van der Waals surface area contributed by atoms with Crippen molar-refractivity contribution in [2.45, 2.75) is 10.1 Å². The fraction of sp³-hybridized carbons (Fsp3) is 0.0556. The highest BCUT2D eigenvalue weighted by Crippen LogP contribution is 2.30. The van der Waals surface area contributed by atoms with E-state index in [0.29, 0.717) is 5.13 Å². The van der Waals surface area contributed by atoms with Crippen LogP contribution in [0.5, 0.6) is 0 Å². The molecule has 0 aliphatic carbocycles. The Bertz CT molecular complexity index is 881. The zero-order chi connectivity index (χ0) is 17.5. The maximum absolute atomic E-state index is 11.9. The smallest absolute Gasteiger partial charge is 0.250 e. The van der Waals surface area contributed by atoms with Crippen molar-refractivity contribution in [3.63, 3.8) is 0 Å². The van der Waals surface area contributed by atoms with Crippen LogP contribution in [0.4, 0.5) is 5.13 Å². The number of benzene rings is 2. The van der Waals surface area contributed by atoms with E-state index in [9.17, 15) is 4.79 Å². The third-order valence-electron chi connectivity index (χ3n) is 3.17. The SMILES string of the molecule is O=C(/C=C/c1ccccc1)Nc1nnc(SCc2ccccc2Br)s1. The molecule has 0 spiro atoms. The van der Waals surface area contributed by atoms with Crippen LogP contribution in [0.1, 0.15) is 11.1 Å². The number of anilines is 1. The number of hydrogen-bond donors (Lipinski definition) is 1. The molecule has 0 atom stereocenters. The average molecular weight is 432 g/mol. The number of halogens is 1. The molecule has 0 aliphatic heterocycles. The van der Waals surface area contributed by atoms with Gasteiger partial charge in [0, 0.05) is 16.3 Å². The van der Waals surface area contributed by atoms with E-state index < -0.39 is 0 Å². The lowest BCUT2D eigenvalue weighted by Gasteiger charge is -2.01. The van der Waals surface area contributed by atoms with Crippen molar-refractivity contribution >= 4 is 56.1 Å². The van der Waals surface area contributed by atoms with Crippen LogP contribution in [-0.2, 0) is 10.5 Å². The molecule has 1 N–H and O–H groups in total. The van der Waals surface area contributed by atoms with Crippen LogP contribution in [0, 0.1) is 0 Å². The molecule has 126 valence electrons. The second kappa shape index (κ2) is 8.94. The van der Waals surface area contributed by atoms with Gasteiger partial charge in [-0.25, -0.2) is 0 Å². The van der Waals surface area contributed by atoms with Gasteiger partial charge in [0.2, 0.25) is 11.0 Å². The summed E-state index contributed by atoms with van der Waals surface area (Å²) in [7, 11) is 0. The lowest BCUT2D eigenvalue weighted by atomic mass is 10.2. The average Bonchev–Trinajstić information content (AvgIpc) is 3.07. The van der Waals surface area contributed by atoms with Crippen molar-refractivity contribution in [2.24, 2.45) is 0 Å². The summed E-state index contributed by atoms with van der Waals surface area (Å²) < 4.78 is 1.89. The number of aromatic nitrogens is 2. The fourth-order valence-electron chi connectivity index (χ4n) is 1.96. The molecule has 7 heteroatoms. The quantitative estimate of drug-likeness (QED) is 0.329. The van der Waals surface area contributed by atoms with Crippen molar-refractivity contribution in [1.82, 2.24) is 10.2 Å². The Morgan fingerprint density at radius 3 is 2.68 bits per heavy atom. The fourth-order valence-corrected chi connectivity index (χ4v) is 4.33. The van der Waals surface area contributed by atoms with Crippen LogP contribution in [0.2, 0.25) is 0 Å². The Kier molecular flexibility index (Phi) is 6.38. The molecule has 3 aromatic rings. The van der Waals surface area contributed by atoms with Gasteiger partial charge in [-0.15, -0.1) is 10.2 Å². The number of hydrogen-bond acceptors (Lipinski definition) is 5. The van der Waals surface area contributed by atoms with Gasteiger partial charge in [0.1, 0.15) is 0 Å². The zero-order valence-corrected chi connectivity index (χ0v) is 16.3. The van der Waals surface area contributed by atoms with Gasteiger partial charge in [0.15, 0.2) is 4.34 Å². The molecule has 0 radical (unpaired) electrons. The van der Waals surface area contributed by atoms with Gasteiger partial charge < -0.3 is 0 Å². The highest BCUT2D eigenvalue weighted by atomic mass is 79.9. The molecular weight excluding hydrogens is 418 g/mol. The van der Waals surface area contributed by atoms with Crippen molar-refractivity contribution in [2.75, 3.05) is 5.32 Å². The Morgan fingerprint density at radius 2 is 1.88 bits per heavy atom. The first-order valence-corrected chi connectivity index (χ1v) is 10.0. The Labute approximate surface area is 162 Å². The van der Waals surface area contributed by atoms with Gasteiger partial charge in [-0.1, -0.05) is 87.6 Å². The number of carbonyl (C=O) groups excluding carboxylic acids is 1. The van der Waals surface area contributed by atoms with E-state index in [1.165, 1.54) is 23.0 Å². The summed E-state index contributed by atoms with van der Waals surface area (Å²) >= 11 is 6.49. The third kappa shape index (κ3) is 5.52. The number of thioether (sulfide) groups is 1. The molecule has 0 fully saturated rings. The van der Waals surface area contributed by atoms with Crippen molar-refractivity contribution < 1.29 is 4.79 Å². The van der Waals surface area contributed by atoms with E-state index in [2.05, 4.69) is 37.5 Å². The molecule has 3 rings (SSSR count). The monoisotopic (exact) mass is 431 g/mol. The lowest BCUT2D eigenvalue weighted by molar-refractivity contribution is -0.111. The topological polar surface area (TPSA) is 54.9 Å². The second-order valence-corrected chi connectivity index (χ2v) is 8.04. The molecule has 4 nitrogen and oxygen atoms in total. The van der Waals surface area contributed by atoms with Gasteiger partial charge in [0.05, 0.1) is 0 Å². The summed E-state index contributed by atoms with van der Waals surface area (Å²) in [6, 6.07) is 17.7. The third-order valence-corrected chi connectivity index (χ3v) is 5.97. The minimum Gasteiger partial charge on any atom is -0.297 e. The molecule has 0 aliphatic rings. The van der Waals surface area contributed by atoms with Gasteiger partial charge in [-0.05, 0) is 23.3 Å². The standard InChI is InChI=1S/C18H14BrN3OS2/c19-15-9-5-4-8-14(15)12-24-18-22-21-17(25-18)20-16(23)11-10-13-6-2-1-3-7-13/h1-11H,12H2,(H,20,21,23)/b11-10+. The molecule has 0 bridgehead atoms. The van der Waals surface area contributed by atoms with E-state index in [1.54, 1.807) is 17.8 Å². The number of nitrogens with one attached hydrogen (secondary N) is 1. The molecule has 0 saturated heterocycles. The number of nitrogens with zero attached hydrogens (tertiary/aromatic N) is 2. The maximum atomic E-state index is 11.9. The largest absolute Gasteiger partial charge is 0.297 e. The Hall–Kier alpha value is -1.96.